The zero-order chi connectivity index (χ0) is 18.8. The maximum absolute atomic E-state index is 12.4. The molecule has 2 amide bonds. The second-order valence-corrected chi connectivity index (χ2v) is 6.88. The highest BCUT2D eigenvalue weighted by molar-refractivity contribution is 5.73. The molecule has 8 nitrogen and oxygen atoms in total. The van der Waals surface area contributed by atoms with Gasteiger partial charge in [-0.25, -0.2) is 4.79 Å². The van der Waals surface area contributed by atoms with Crippen molar-refractivity contribution in [3.05, 3.63) is 52.7 Å². The van der Waals surface area contributed by atoms with Crippen LogP contribution in [0.3, 0.4) is 0 Å². The van der Waals surface area contributed by atoms with Crippen molar-refractivity contribution in [1.82, 2.24) is 30.6 Å². The van der Waals surface area contributed by atoms with E-state index in [4.69, 9.17) is 4.52 Å². The van der Waals surface area contributed by atoms with E-state index in [9.17, 15) is 4.79 Å². The Bertz CT molecular complexity index is 961. The number of urea groups is 1. The fraction of sp³-hybridized carbons (Fsp3) is 0.368. The van der Waals surface area contributed by atoms with Gasteiger partial charge in [0.15, 0.2) is 0 Å². The molecule has 1 aromatic carbocycles. The highest BCUT2D eigenvalue weighted by Gasteiger charge is 2.21. The maximum Gasteiger partial charge on any atom is 0.317 e. The van der Waals surface area contributed by atoms with Crippen LogP contribution in [0.4, 0.5) is 4.79 Å². The Labute approximate surface area is 157 Å². The molecule has 0 unspecified atom stereocenters. The molecule has 0 saturated carbocycles. The fourth-order valence-corrected chi connectivity index (χ4v) is 3.33. The number of hydrogen-bond donors (Lipinski definition) is 2. The van der Waals surface area contributed by atoms with Gasteiger partial charge in [0.05, 0.1) is 18.8 Å². The van der Waals surface area contributed by atoms with Gasteiger partial charge in [-0.2, -0.15) is 10.1 Å². The van der Waals surface area contributed by atoms with Crippen LogP contribution >= 0.6 is 0 Å². The predicted molar refractivity (Wildman–Crippen MR) is 98.8 cm³/mol. The topological polar surface area (TPSA) is 99.9 Å². The van der Waals surface area contributed by atoms with E-state index in [1.165, 1.54) is 11.3 Å². The average molecular weight is 366 g/mol. The molecule has 2 heterocycles. The number of carbonyl (C=O) groups excluding carboxylic acids is 1. The lowest BCUT2D eigenvalue weighted by Gasteiger charge is -2.16. The van der Waals surface area contributed by atoms with Crippen molar-refractivity contribution in [2.45, 2.75) is 39.3 Å². The Morgan fingerprint density at radius 1 is 1.37 bits per heavy atom. The molecule has 0 radical (unpaired) electrons. The summed E-state index contributed by atoms with van der Waals surface area (Å²) in [7, 11) is 1.75. The molecule has 140 valence electrons. The van der Waals surface area contributed by atoms with E-state index in [2.05, 4.69) is 25.7 Å². The number of H-pyrrole nitrogens is 1. The molecule has 0 bridgehead atoms. The van der Waals surface area contributed by atoms with Crippen molar-refractivity contribution in [3.63, 3.8) is 0 Å². The molecule has 0 spiro atoms. The second kappa shape index (κ2) is 7.22. The molecule has 0 aliphatic heterocycles. The first-order valence-corrected chi connectivity index (χ1v) is 9.04. The van der Waals surface area contributed by atoms with Crippen molar-refractivity contribution in [2.75, 3.05) is 7.05 Å². The normalized spacial score (nSPS) is 12.8. The number of nitrogens with one attached hydrogen (secondary N) is 2. The van der Waals surface area contributed by atoms with Gasteiger partial charge in [-0.3, -0.25) is 5.10 Å². The predicted octanol–water partition coefficient (Wildman–Crippen LogP) is 2.60. The monoisotopic (exact) mass is 366 g/mol. The molecule has 27 heavy (non-hydrogen) atoms. The number of rotatable bonds is 5. The van der Waals surface area contributed by atoms with Crippen molar-refractivity contribution in [3.8, 4) is 11.4 Å². The standard InChI is InChI=1S/C19H22N6O2/c1-12-5-3-6-13(9-12)18-21-17(27-24-18)10-20-19(26)25(2)11-16-14-7-4-8-15(14)22-23-16/h3,5-6,9H,4,7-8,10-11H2,1-2H3,(H,20,26)(H,22,23). The van der Waals surface area contributed by atoms with Crippen LogP contribution in [0.15, 0.2) is 28.8 Å². The highest BCUT2D eigenvalue weighted by Crippen LogP contribution is 2.23. The average Bonchev–Trinajstić information content (AvgIpc) is 3.38. The van der Waals surface area contributed by atoms with Crippen LogP contribution in [0.25, 0.3) is 11.4 Å². The molecule has 2 aromatic heterocycles. The van der Waals surface area contributed by atoms with Gasteiger partial charge in [-0.05, 0) is 37.8 Å². The minimum Gasteiger partial charge on any atom is -0.337 e. The van der Waals surface area contributed by atoms with E-state index in [1.54, 1.807) is 11.9 Å². The summed E-state index contributed by atoms with van der Waals surface area (Å²) in [6.45, 7) is 2.66. The van der Waals surface area contributed by atoms with E-state index < -0.39 is 0 Å². The molecule has 3 aromatic rings. The summed E-state index contributed by atoms with van der Waals surface area (Å²) < 4.78 is 5.24. The van der Waals surface area contributed by atoms with Gasteiger partial charge < -0.3 is 14.7 Å². The first-order valence-electron chi connectivity index (χ1n) is 9.04. The molecule has 0 saturated heterocycles. The van der Waals surface area contributed by atoms with Gasteiger partial charge in [-0.1, -0.05) is 28.9 Å². The van der Waals surface area contributed by atoms with Crippen LogP contribution in [-0.2, 0) is 25.9 Å². The van der Waals surface area contributed by atoms with Crippen molar-refractivity contribution < 1.29 is 9.32 Å². The Morgan fingerprint density at radius 2 is 2.26 bits per heavy atom. The van der Waals surface area contributed by atoms with Gasteiger partial charge in [0.25, 0.3) is 0 Å². The van der Waals surface area contributed by atoms with Gasteiger partial charge in [0.1, 0.15) is 0 Å². The Hall–Kier alpha value is -3.16. The minimum atomic E-state index is -0.208. The summed E-state index contributed by atoms with van der Waals surface area (Å²) in [5.41, 5.74) is 5.42. The number of amides is 2. The number of aromatic amines is 1. The minimum absolute atomic E-state index is 0.181. The third-order valence-electron chi connectivity index (χ3n) is 4.76. The number of aryl methyl sites for hydroxylation is 2. The van der Waals surface area contributed by atoms with Crippen LogP contribution in [-0.4, -0.2) is 38.3 Å². The van der Waals surface area contributed by atoms with Gasteiger partial charge >= 0.3 is 6.03 Å². The van der Waals surface area contributed by atoms with Crippen molar-refractivity contribution >= 4 is 6.03 Å². The van der Waals surface area contributed by atoms with Crippen LogP contribution in [0.5, 0.6) is 0 Å². The number of fused-ring (bicyclic) bond motifs is 1. The van der Waals surface area contributed by atoms with E-state index in [1.807, 2.05) is 31.2 Å². The third-order valence-corrected chi connectivity index (χ3v) is 4.76. The van der Waals surface area contributed by atoms with Crippen LogP contribution in [0, 0.1) is 6.92 Å². The Morgan fingerprint density at radius 3 is 3.11 bits per heavy atom. The summed E-state index contributed by atoms with van der Waals surface area (Å²) in [4.78, 5) is 18.3. The molecule has 1 aliphatic rings. The maximum atomic E-state index is 12.4. The lowest BCUT2D eigenvalue weighted by atomic mass is 10.1. The summed E-state index contributed by atoms with van der Waals surface area (Å²) in [5, 5.41) is 14.2. The Balaban J connectivity index is 1.33. The van der Waals surface area contributed by atoms with Gasteiger partial charge in [0, 0.05) is 18.3 Å². The summed E-state index contributed by atoms with van der Waals surface area (Å²) in [5.74, 6) is 0.886. The molecule has 0 atom stereocenters. The molecule has 4 rings (SSSR count). The lowest BCUT2D eigenvalue weighted by molar-refractivity contribution is 0.204. The number of carbonyl (C=O) groups is 1. The fourth-order valence-electron chi connectivity index (χ4n) is 3.33. The van der Waals surface area contributed by atoms with E-state index in [-0.39, 0.29) is 12.6 Å². The van der Waals surface area contributed by atoms with Gasteiger partial charge in [-0.15, -0.1) is 0 Å². The zero-order valence-electron chi connectivity index (χ0n) is 15.5. The van der Waals surface area contributed by atoms with Crippen molar-refractivity contribution in [1.29, 1.82) is 0 Å². The molecular weight excluding hydrogens is 344 g/mol. The number of hydrogen-bond acceptors (Lipinski definition) is 5. The molecule has 2 N–H and O–H groups in total. The molecular formula is C19H22N6O2. The quantitative estimate of drug-likeness (QED) is 0.723. The van der Waals surface area contributed by atoms with Gasteiger partial charge in [0.2, 0.25) is 11.7 Å². The number of benzene rings is 1. The van der Waals surface area contributed by atoms with Crippen LogP contribution < -0.4 is 5.32 Å². The highest BCUT2D eigenvalue weighted by atomic mass is 16.5. The number of nitrogens with zero attached hydrogens (tertiary/aromatic N) is 4. The zero-order valence-corrected chi connectivity index (χ0v) is 15.5. The SMILES string of the molecule is Cc1cccc(-c2noc(CNC(=O)N(C)Cc3n[nH]c4c3CCC4)n2)c1. The smallest absolute Gasteiger partial charge is 0.317 e. The van der Waals surface area contributed by atoms with E-state index in [0.29, 0.717) is 18.3 Å². The molecule has 0 fully saturated rings. The molecule has 1 aliphatic carbocycles. The Kier molecular flexibility index (Phi) is 4.62. The largest absolute Gasteiger partial charge is 0.337 e. The third kappa shape index (κ3) is 3.69. The summed E-state index contributed by atoms with van der Waals surface area (Å²) >= 11 is 0. The van der Waals surface area contributed by atoms with Crippen LogP contribution in [0.1, 0.15) is 34.8 Å². The van der Waals surface area contributed by atoms with E-state index >= 15 is 0 Å². The molecule has 8 heteroatoms. The lowest BCUT2D eigenvalue weighted by Crippen LogP contribution is -2.36. The summed E-state index contributed by atoms with van der Waals surface area (Å²) in [6, 6.07) is 7.66. The first kappa shape index (κ1) is 17.3. The van der Waals surface area contributed by atoms with Crippen LogP contribution in [0.2, 0.25) is 0 Å². The summed E-state index contributed by atoms with van der Waals surface area (Å²) in [6.07, 6.45) is 3.21. The number of aromatic nitrogens is 4. The van der Waals surface area contributed by atoms with E-state index in [0.717, 1.165) is 36.1 Å². The second-order valence-electron chi connectivity index (χ2n) is 6.88. The van der Waals surface area contributed by atoms with Crippen molar-refractivity contribution in [2.24, 2.45) is 0 Å². The first-order chi connectivity index (χ1) is 13.1.